The van der Waals surface area contributed by atoms with Crippen molar-refractivity contribution in [3.05, 3.63) is 0 Å². The maximum atomic E-state index is 12.3. The first kappa shape index (κ1) is 11.8. The second kappa shape index (κ2) is 5.46. The van der Waals surface area contributed by atoms with Crippen LogP contribution in [0, 0.1) is 0 Å². The molecule has 0 aliphatic carbocycles. The number of likely N-dealkylation sites (tertiary alicyclic amines) is 1. The van der Waals surface area contributed by atoms with Gasteiger partial charge in [0.2, 0.25) is 0 Å². The lowest BCUT2D eigenvalue weighted by molar-refractivity contribution is 0.0127. The molecule has 0 radical (unpaired) electrons. The van der Waals surface area contributed by atoms with E-state index in [4.69, 9.17) is 0 Å². The van der Waals surface area contributed by atoms with Gasteiger partial charge in [-0.05, 0) is 6.54 Å². The highest BCUT2D eigenvalue weighted by Gasteiger charge is 2.36. The summed E-state index contributed by atoms with van der Waals surface area (Å²) in [6, 6.07) is 0. The summed E-state index contributed by atoms with van der Waals surface area (Å²) in [6.45, 7) is 7.42. The van der Waals surface area contributed by atoms with Crippen molar-refractivity contribution in [2.45, 2.75) is 39.5 Å². The Morgan fingerprint density at radius 2 is 1.75 bits per heavy atom. The summed E-state index contributed by atoms with van der Waals surface area (Å²) in [5.74, 6) is -2.41. The van der Waals surface area contributed by atoms with E-state index in [9.17, 15) is 8.78 Å². The third kappa shape index (κ3) is 4.65. The van der Waals surface area contributed by atoms with Crippen LogP contribution >= 0.6 is 0 Å². The van der Waals surface area contributed by atoms with Crippen LogP contribution in [0.15, 0.2) is 0 Å². The first-order valence-electron chi connectivity index (χ1n) is 4.66. The van der Waals surface area contributed by atoms with Gasteiger partial charge in [0.05, 0.1) is 6.54 Å². The third-order valence-corrected chi connectivity index (χ3v) is 1.70. The minimum Gasteiger partial charge on any atom is -0.298 e. The molecule has 0 aromatic heterocycles. The van der Waals surface area contributed by atoms with E-state index in [0.29, 0.717) is 6.54 Å². The average molecular weight is 179 g/mol. The SMILES string of the molecule is CCC.CCN1CCC(F)(F)C1. The molecule has 74 valence electrons. The van der Waals surface area contributed by atoms with Crippen molar-refractivity contribution < 1.29 is 8.78 Å². The Morgan fingerprint density at radius 3 is 1.92 bits per heavy atom. The zero-order chi connectivity index (χ0) is 9.61. The Hall–Kier alpha value is -0.180. The standard InChI is InChI=1S/C6H11F2N.C3H8/c1-2-9-4-3-6(7,8)5-9;1-3-2/h2-5H2,1H3;3H2,1-2H3. The summed E-state index contributed by atoms with van der Waals surface area (Å²) >= 11 is 0. The van der Waals surface area contributed by atoms with Gasteiger partial charge in [0.15, 0.2) is 0 Å². The normalized spacial score (nSPS) is 21.8. The number of hydrogen-bond acceptors (Lipinski definition) is 1. The molecule has 0 unspecified atom stereocenters. The number of hydrogen-bond donors (Lipinski definition) is 0. The summed E-state index contributed by atoms with van der Waals surface area (Å²) < 4.78 is 24.7. The van der Waals surface area contributed by atoms with Gasteiger partial charge < -0.3 is 0 Å². The minimum atomic E-state index is -2.41. The van der Waals surface area contributed by atoms with E-state index in [2.05, 4.69) is 13.8 Å². The van der Waals surface area contributed by atoms with Crippen molar-refractivity contribution in [3.63, 3.8) is 0 Å². The lowest BCUT2D eigenvalue weighted by atomic mass is 10.3. The van der Waals surface area contributed by atoms with Crippen LogP contribution in [0.2, 0.25) is 0 Å². The van der Waals surface area contributed by atoms with Crippen LogP contribution in [0.1, 0.15) is 33.6 Å². The fourth-order valence-corrected chi connectivity index (χ4v) is 1.08. The van der Waals surface area contributed by atoms with Gasteiger partial charge in [0.1, 0.15) is 0 Å². The lowest BCUT2D eigenvalue weighted by Gasteiger charge is -2.11. The first-order chi connectivity index (χ1) is 5.55. The summed E-state index contributed by atoms with van der Waals surface area (Å²) in [5, 5.41) is 0. The molecule has 1 saturated heterocycles. The lowest BCUT2D eigenvalue weighted by Crippen LogP contribution is -2.24. The smallest absolute Gasteiger partial charge is 0.261 e. The predicted molar refractivity (Wildman–Crippen MR) is 47.6 cm³/mol. The van der Waals surface area contributed by atoms with Crippen molar-refractivity contribution in [3.8, 4) is 0 Å². The molecule has 0 atom stereocenters. The average Bonchev–Trinajstić information content (AvgIpc) is 2.32. The van der Waals surface area contributed by atoms with Gasteiger partial charge in [0.25, 0.3) is 5.92 Å². The Morgan fingerprint density at radius 1 is 1.25 bits per heavy atom. The quantitative estimate of drug-likeness (QED) is 0.598. The molecule has 0 aromatic carbocycles. The van der Waals surface area contributed by atoms with E-state index in [0.717, 1.165) is 6.54 Å². The Balaban J connectivity index is 0.000000354. The molecule has 1 rings (SSSR count). The van der Waals surface area contributed by atoms with Crippen molar-refractivity contribution in [2.24, 2.45) is 0 Å². The van der Waals surface area contributed by atoms with Gasteiger partial charge in [-0.25, -0.2) is 8.78 Å². The summed E-state index contributed by atoms with van der Waals surface area (Å²) in [6.07, 6.45) is 1.29. The highest BCUT2D eigenvalue weighted by Crippen LogP contribution is 2.25. The van der Waals surface area contributed by atoms with Gasteiger partial charge in [0, 0.05) is 13.0 Å². The predicted octanol–water partition coefficient (Wildman–Crippen LogP) is 2.76. The van der Waals surface area contributed by atoms with Gasteiger partial charge in [-0.3, -0.25) is 4.90 Å². The topological polar surface area (TPSA) is 3.24 Å². The Bertz CT molecular complexity index is 115. The van der Waals surface area contributed by atoms with Crippen LogP contribution < -0.4 is 0 Å². The van der Waals surface area contributed by atoms with Gasteiger partial charge >= 0.3 is 0 Å². The molecule has 0 spiro atoms. The monoisotopic (exact) mass is 179 g/mol. The van der Waals surface area contributed by atoms with Crippen LogP contribution in [0.4, 0.5) is 8.78 Å². The molecular formula is C9H19F2N. The van der Waals surface area contributed by atoms with Crippen molar-refractivity contribution in [2.75, 3.05) is 19.6 Å². The molecule has 0 bridgehead atoms. The molecule has 0 aromatic rings. The van der Waals surface area contributed by atoms with Gasteiger partial charge in [-0.1, -0.05) is 27.2 Å². The molecule has 0 N–H and O–H groups in total. The number of rotatable bonds is 1. The molecule has 1 aliphatic heterocycles. The fourth-order valence-electron chi connectivity index (χ4n) is 1.08. The van der Waals surface area contributed by atoms with Crippen molar-refractivity contribution in [1.82, 2.24) is 4.90 Å². The second-order valence-electron chi connectivity index (χ2n) is 3.18. The molecule has 1 aliphatic rings. The largest absolute Gasteiger partial charge is 0.298 e. The molecular weight excluding hydrogens is 160 g/mol. The maximum Gasteiger partial charge on any atom is 0.261 e. The highest BCUT2D eigenvalue weighted by molar-refractivity contribution is 4.80. The van der Waals surface area contributed by atoms with Crippen molar-refractivity contribution >= 4 is 0 Å². The highest BCUT2D eigenvalue weighted by atomic mass is 19.3. The van der Waals surface area contributed by atoms with E-state index in [1.54, 1.807) is 4.90 Å². The fraction of sp³-hybridized carbons (Fsp3) is 1.00. The Labute approximate surface area is 73.7 Å². The minimum absolute atomic E-state index is 0.0382. The third-order valence-electron chi connectivity index (χ3n) is 1.70. The number of nitrogens with zero attached hydrogens (tertiary/aromatic N) is 1. The van der Waals surface area contributed by atoms with Crippen LogP contribution in [0.5, 0.6) is 0 Å². The van der Waals surface area contributed by atoms with Crippen LogP contribution in [-0.4, -0.2) is 30.5 Å². The van der Waals surface area contributed by atoms with Crippen molar-refractivity contribution in [1.29, 1.82) is 0 Å². The zero-order valence-corrected chi connectivity index (χ0v) is 8.24. The van der Waals surface area contributed by atoms with Crippen LogP contribution in [0.25, 0.3) is 0 Å². The van der Waals surface area contributed by atoms with E-state index >= 15 is 0 Å². The van der Waals surface area contributed by atoms with Crippen LogP contribution in [0.3, 0.4) is 0 Å². The molecule has 1 fully saturated rings. The molecule has 12 heavy (non-hydrogen) atoms. The van der Waals surface area contributed by atoms with Crippen LogP contribution in [-0.2, 0) is 0 Å². The van der Waals surface area contributed by atoms with Gasteiger partial charge in [-0.15, -0.1) is 0 Å². The van der Waals surface area contributed by atoms with Gasteiger partial charge in [-0.2, -0.15) is 0 Å². The summed E-state index contributed by atoms with van der Waals surface area (Å²) in [7, 11) is 0. The van der Waals surface area contributed by atoms with E-state index in [1.807, 2.05) is 6.92 Å². The molecule has 3 heteroatoms. The maximum absolute atomic E-state index is 12.3. The summed E-state index contributed by atoms with van der Waals surface area (Å²) in [5.41, 5.74) is 0. The first-order valence-corrected chi connectivity index (χ1v) is 4.66. The number of halogens is 2. The number of alkyl halides is 2. The zero-order valence-electron chi connectivity index (χ0n) is 8.24. The van der Waals surface area contributed by atoms with E-state index in [-0.39, 0.29) is 13.0 Å². The van der Waals surface area contributed by atoms with E-state index in [1.165, 1.54) is 6.42 Å². The van der Waals surface area contributed by atoms with E-state index < -0.39 is 5.92 Å². The molecule has 1 nitrogen and oxygen atoms in total. The Kier molecular flexibility index (Phi) is 5.38. The summed E-state index contributed by atoms with van der Waals surface area (Å²) in [4.78, 5) is 1.76. The molecule has 0 saturated carbocycles. The molecule has 1 heterocycles. The second-order valence-corrected chi connectivity index (χ2v) is 3.18. The molecule has 0 amide bonds.